The van der Waals surface area contributed by atoms with Crippen LogP contribution in [0.5, 0.6) is 0 Å². The van der Waals surface area contributed by atoms with E-state index >= 15 is 0 Å². The molecule has 1 heterocycles. The molecule has 70 valence electrons. The number of hydrogen-bond donors (Lipinski definition) is 0. The quantitative estimate of drug-likeness (QED) is 0.531. The van der Waals surface area contributed by atoms with Crippen molar-refractivity contribution in [3.8, 4) is 0 Å². The van der Waals surface area contributed by atoms with Crippen LogP contribution in [0.1, 0.15) is 19.6 Å². The molecule has 0 aliphatic rings. The van der Waals surface area contributed by atoms with Gasteiger partial charge in [-0.3, -0.25) is 10.1 Å². The summed E-state index contributed by atoms with van der Waals surface area (Å²) in [5, 5.41) is 10.6. The molecule has 1 rings (SSSR count). The minimum Gasteiger partial charge on any atom is -0.465 e. The summed E-state index contributed by atoms with van der Waals surface area (Å²) in [6.45, 7) is 3.55. The van der Waals surface area contributed by atoms with Crippen molar-refractivity contribution in [2.75, 3.05) is 0 Å². The van der Waals surface area contributed by atoms with Crippen LogP contribution in [0, 0.1) is 16.0 Å². The number of hydrogen-bond acceptors (Lipinski definition) is 3. The van der Waals surface area contributed by atoms with Gasteiger partial charge < -0.3 is 4.42 Å². The van der Waals surface area contributed by atoms with Gasteiger partial charge in [-0.2, -0.15) is 0 Å². The topological polar surface area (TPSA) is 56.3 Å². The van der Waals surface area contributed by atoms with Crippen LogP contribution in [0.2, 0.25) is 0 Å². The van der Waals surface area contributed by atoms with Crippen molar-refractivity contribution >= 4 is 6.08 Å². The zero-order valence-corrected chi connectivity index (χ0v) is 7.56. The van der Waals surface area contributed by atoms with Crippen LogP contribution in [0.15, 0.2) is 28.5 Å². The molecule has 0 atom stereocenters. The van der Waals surface area contributed by atoms with Gasteiger partial charge in [-0.05, 0) is 12.1 Å². The summed E-state index contributed by atoms with van der Waals surface area (Å²) in [7, 11) is 0. The maximum Gasteiger partial charge on any atom is 0.252 e. The van der Waals surface area contributed by atoms with Crippen LogP contribution >= 0.6 is 0 Å². The number of rotatable bonds is 3. The lowest BCUT2D eigenvalue weighted by atomic mass is 10.1. The van der Waals surface area contributed by atoms with Gasteiger partial charge in [0.2, 0.25) is 0 Å². The number of nitro groups is 1. The van der Waals surface area contributed by atoms with Crippen LogP contribution in [0.4, 0.5) is 0 Å². The molecule has 0 amide bonds. The van der Waals surface area contributed by atoms with E-state index in [9.17, 15) is 10.1 Å². The molecule has 0 aromatic carbocycles. The first-order valence-corrected chi connectivity index (χ1v) is 4.00. The zero-order chi connectivity index (χ0) is 9.84. The smallest absolute Gasteiger partial charge is 0.252 e. The van der Waals surface area contributed by atoms with Crippen molar-refractivity contribution in [2.24, 2.45) is 5.92 Å². The van der Waals surface area contributed by atoms with Crippen LogP contribution in [-0.4, -0.2) is 4.92 Å². The monoisotopic (exact) mass is 181 g/mol. The second-order valence-corrected chi connectivity index (χ2v) is 3.00. The van der Waals surface area contributed by atoms with Crippen molar-refractivity contribution in [3.05, 3.63) is 40.0 Å². The predicted octanol–water partition coefficient (Wildman–Crippen LogP) is 2.55. The SMILES string of the molecule is CC(C)/C(=C/c1ccco1)[N+](=O)[O-]. The first-order valence-electron chi connectivity index (χ1n) is 4.00. The Bertz CT molecular complexity index is 312. The molecule has 0 bridgehead atoms. The first-order chi connectivity index (χ1) is 6.11. The second-order valence-electron chi connectivity index (χ2n) is 3.00. The lowest BCUT2D eigenvalue weighted by Crippen LogP contribution is -2.04. The molecule has 4 nitrogen and oxygen atoms in total. The zero-order valence-electron chi connectivity index (χ0n) is 7.56. The fraction of sp³-hybridized carbons (Fsp3) is 0.333. The third-order valence-corrected chi connectivity index (χ3v) is 1.64. The van der Waals surface area contributed by atoms with Crippen LogP contribution < -0.4 is 0 Å². The van der Waals surface area contributed by atoms with E-state index in [0.29, 0.717) is 5.76 Å². The molecular formula is C9H11NO3. The van der Waals surface area contributed by atoms with Gasteiger partial charge in [0, 0.05) is 5.92 Å². The highest BCUT2D eigenvalue weighted by atomic mass is 16.6. The van der Waals surface area contributed by atoms with Crippen molar-refractivity contribution in [1.29, 1.82) is 0 Å². The fourth-order valence-electron chi connectivity index (χ4n) is 0.949. The highest BCUT2D eigenvalue weighted by Crippen LogP contribution is 2.15. The standard InChI is InChI=1S/C9H11NO3/c1-7(2)9(10(11)12)6-8-4-3-5-13-8/h3-7H,1-2H3/b9-6-. The molecule has 1 aromatic rings. The molecule has 0 aliphatic carbocycles. The van der Waals surface area contributed by atoms with Gasteiger partial charge in [-0.15, -0.1) is 0 Å². The molecule has 13 heavy (non-hydrogen) atoms. The molecule has 0 radical (unpaired) electrons. The highest BCUT2D eigenvalue weighted by molar-refractivity contribution is 5.44. The van der Waals surface area contributed by atoms with E-state index < -0.39 is 0 Å². The van der Waals surface area contributed by atoms with Gasteiger partial charge in [0.15, 0.2) is 0 Å². The third-order valence-electron chi connectivity index (χ3n) is 1.64. The molecule has 0 saturated heterocycles. The number of allylic oxidation sites excluding steroid dienone is 1. The van der Waals surface area contributed by atoms with E-state index in [4.69, 9.17) is 4.42 Å². The predicted molar refractivity (Wildman–Crippen MR) is 48.5 cm³/mol. The van der Waals surface area contributed by atoms with Crippen molar-refractivity contribution < 1.29 is 9.34 Å². The van der Waals surface area contributed by atoms with E-state index in [-0.39, 0.29) is 16.5 Å². The summed E-state index contributed by atoms with van der Waals surface area (Å²) in [5.41, 5.74) is 0.162. The van der Waals surface area contributed by atoms with Gasteiger partial charge in [-0.1, -0.05) is 13.8 Å². The Labute approximate surface area is 76.0 Å². The van der Waals surface area contributed by atoms with Crippen LogP contribution in [-0.2, 0) is 0 Å². The van der Waals surface area contributed by atoms with Crippen LogP contribution in [0.25, 0.3) is 6.08 Å². The maximum absolute atomic E-state index is 10.6. The molecule has 1 aromatic heterocycles. The molecule has 0 saturated carbocycles. The van der Waals surface area contributed by atoms with Crippen molar-refractivity contribution in [1.82, 2.24) is 0 Å². The van der Waals surface area contributed by atoms with Crippen molar-refractivity contribution in [3.63, 3.8) is 0 Å². The van der Waals surface area contributed by atoms with E-state index in [0.717, 1.165) is 0 Å². The summed E-state index contributed by atoms with van der Waals surface area (Å²) in [4.78, 5) is 10.2. The summed E-state index contributed by atoms with van der Waals surface area (Å²) < 4.78 is 4.98. The fourth-order valence-corrected chi connectivity index (χ4v) is 0.949. The van der Waals surface area contributed by atoms with Gasteiger partial charge in [0.1, 0.15) is 5.76 Å². The normalized spacial score (nSPS) is 12.1. The minimum absolute atomic E-state index is 0.111. The lowest BCUT2D eigenvalue weighted by molar-refractivity contribution is -0.431. The molecule has 0 fully saturated rings. The Morgan fingerprint density at radius 1 is 1.69 bits per heavy atom. The molecular weight excluding hydrogens is 170 g/mol. The molecule has 0 spiro atoms. The summed E-state index contributed by atoms with van der Waals surface area (Å²) in [5.74, 6) is 0.403. The van der Waals surface area contributed by atoms with Crippen molar-refractivity contribution in [2.45, 2.75) is 13.8 Å². The largest absolute Gasteiger partial charge is 0.465 e. The van der Waals surface area contributed by atoms with Gasteiger partial charge in [0.25, 0.3) is 5.70 Å². The molecule has 4 heteroatoms. The van der Waals surface area contributed by atoms with E-state index in [2.05, 4.69) is 0 Å². The number of furan rings is 1. The van der Waals surface area contributed by atoms with Gasteiger partial charge >= 0.3 is 0 Å². The summed E-state index contributed by atoms with van der Waals surface area (Å²) >= 11 is 0. The Hall–Kier alpha value is -1.58. The average molecular weight is 181 g/mol. The van der Waals surface area contributed by atoms with E-state index in [1.165, 1.54) is 12.3 Å². The Morgan fingerprint density at radius 3 is 2.77 bits per heavy atom. The highest BCUT2D eigenvalue weighted by Gasteiger charge is 2.15. The summed E-state index contributed by atoms with van der Waals surface area (Å²) in [6, 6.07) is 3.38. The van der Waals surface area contributed by atoms with E-state index in [1.54, 1.807) is 26.0 Å². The Morgan fingerprint density at radius 2 is 2.38 bits per heavy atom. The average Bonchev–Trinajstić information content (AvgIpc) is 2.50. The minimum atomic E-state index is -0.382. The molecule has 0 aliphatic heterocycles. The number of nitrogens with zero attached hydrogens (tertiary/aromatic N) is 1. The lowest BCUT2D eigenvalue weighted by Gasteiger charge is -1.99. The first kappa shape index (κ1) is 9.51. The Balaban J connectivity index is 2.94. The second kappa shape index (κ2) is 3.89. The van der Waals surface area contributed by atoms with Gasteiger partial charge in [-0.25, -0.2) is 0 Å². The maximum atomic E-state index is 10.6. The molecule has 0 N–H and O–H groups in total. The third kappa shape index (κ3) is 2.43. The van der Waals surface area contributed by atoms with Crippen LogP contribution in [0.3, 0.4) is 0 Å². The summed E-state index contributed by atoms with van der Waals surface area (Å²) in [6.07, 6.45) is 2.94. The Kier molecular flexibility index (Phi) is 2.84. The van der Waals surface area contributed by atoms with Gasteiger partial charge in [0.05, 0.1) is 17.3 Å². The van der Waals surface area contributed by atoms with E-state index in [1.807, 2.05) is 0 Å². The molecule has 0 unspecified atom stereocenters.